The van der Waals surface area contributed by atoms with Gasteiger partial charge in [-0.3, -0.25) is 19.1 Å². The summed E-state index contributed by atoms with van der Waals surface area (Å²) in [6, 6.07) is 11.5. The summed E-state index contributed by atoms with van der Waals surface area (Å²) < 4.78 is 33.2. The third kappa shape index (κ3) is 5.43. The van der Waals surface area contributed by atoms with Crippen molar-refractivity contribution in [3.8, 4) is 0 Å². The Morgan fingerprint density at radius 2 is 1.77 bits per heavy atom. The Hall–Kier alpha value is -3.79. The van der Waals surface area contributed by atoms with E-state index in [1.54, 1.807) is 0 Å². The topological polar surface area (TPSA) is 105 Å². The molecule has 3 rings (SSSR count). The van der Waals surface area contributed by atoms with E-state index >= 15 is 0 Å². The fourth-order valence-corrected chi connectivity index (χ4v) is 2.91. The Morgan fingerprint density at radius 1 is 1.10 bits per heavy atom. The average Bonchev–Trinajstić information content (AvgIpc) is 2.73. The Balaban J connectivity index is 2.02. The summed E-state index contributed by atoms with van der Waals surface area (Å²) in [5.74, 6) is -2.90. The van der Waals surface area contributed by atoms with Crippen LogP contribution in [0, 0.1) is 11.6 Å². The van der Waals surface area contributed by atoms with Crippen LogP contribution in [-0.4, -0.2) is 29.2 Å². The molecule has 3 N–H and O–H groups in total. The second-order valence-electron chi connectivity index (χ2n) is 6.58. The zero-order chi connectivity index (χ0) is 22.4. The van der Waals surface area contributed by atoms with Crippen LogP contribution in [0.15, 0.2) is 58.1 Å². The molecule has 0 saturated heterocycles. The van der Waals surface area contributed by atoms with Crippen LogP contribution < -0.4 is 21.9 Å². The molecule has 0 bridgehead atoms. The quantitative estimate of drug-likeness (QED) is 0.509. The summed E-state index contributed by atoms with van der Waals surface area (Å²) in [7, 11) is 1.43. The van der Waals surface area contributed by atoms with Gasteiger partial charge in [-0.15, -0.1) is 0 Å². The first kappa shape index (κ1) is 21.9. The molecule has 0 spiro atoms. The van der Waals surface area contributed by atoms with E-state index in [1.807, 2.05) is 30.3 Å². The number of aromatic nitrogens is 2. The van der Waals surface area contributed by atoms with Crippen LogP contribution in [-0.2, 0) is 17.8 Å². The number of carbonyl (C=O) groups is 1. The lowest BCUT2D eigenvalue weighted by Gasteiger charge is -2.18. The Labute approximate surface area is 175 Å². The molecular formula is C21H20F2N4O4. The summed E-state index contributed by atoms with van der Waals surface area (Å²) in [4.78, 5) is 39.7. The second-order valence-corrected chi connectivity index (χ2v) is 6.58. The first-order chi connectivity index (χ1) is 14.9. The van der Waals surface area contributed by atoms with Crippen molar-refractivity contribution in [3.63, 3.8) is 0 Å². The maximum Gasteiger partial charge on any atom is 0.330 e. The smallest absolute Gasteiger partial charge is 0.330 e. The molecule has 0 radical (unpaired) electrons. The number of hydrogen-bond donors (Lipinski definition) is 3. The highest BCUT2D eigenvalue weighted by atomic mass is 19.1. The molecule has 0 aliphatic heterocycles. The molecule has 0 aliphatic carbocycles. The van der Waals surface area contributed by atoms with Crippen LogP contribution in [0.5, 0.6) is 0 Å². The number of amides is 1. The van der Waals surface area contributed by atoms with Crippen molar-refractivity contribution in [2.24, 2.45) is 0 Å². The lowest BCUT2D eigenvalue weighted by atomic mass is 10.2. The molecule has 31 heavy (non-hydrogen) atoms. The van der Waals surface area contributed by atoms with Crippen molar-refractivity contribution in [2.45, 2.75) is 13.1 Å². The summed E-state index contributed by atoms with van der Waals surface area (Å²) in [6.45, 7) is 0.352. The number of halogens is 2. The summed E-state index contributed by atoms with van der Waals surface area (Å²) in [5, 5.41) is 5.34. The number of methoxy groups -OCH3 is 1. The van der Waals surface area contributed by atoms with Gasteiger partial charge in [-0.05, 0) is 17.7 Å². The average molecular weight is 430 g/mol. The fourth-order valence-electron chi connectivity index (χ4n) is 2.91. The predicted octanol–water partition coefficient (Wildman–Crippen LogP) is 2.33. The normalized spacial score (nSPS) is 10.7. The lowest BCUT2D eigenvalue weighted by molar-refractivity contribution is 0.102. The predicted molar refractivity (Wildman–Crippen MR) is 111 cm³/mol. The SMILES string of the molecule is COCCn1c(NC(=O)c2cc(F)cc(F)c2)c(NCc2ccccc2)c(=O)[nH]c1=O. The standard InChI is InChI=1S/C21H20F2N4O4/c1-31-8-7-27-18(25-19(28)14-9-15(22)11-16(23)10-14)17(20(29)26-21(27)30)24-12-13-5-3-2-4-6-13/h2-6,9-11,24H,7-8,12H2,1H3,(H,25,28)(H,26,29,30). The molecule has 1 amide bonds. The van der Waals surface area contributed by atoms with Crippen molar-refractivity contribution in [3.05, 3.63) is 92.1 Å². The van der Waals surface area contributed by atoms with Gasteiger partial charge in [-0.25, -0.2) is 13.6 Å². The van der Waals surface area contributed by atoms with E-state index in [0.717, 1.165) is 22.3 Å². The third-order valence-corrected chi connectivity index (χ3v) is 4.39. The van der Waals surface area contributed by atoms with E-state index < -0.39 is 28.8 Å². The number of aromatic amines is 1. The number of nitrogens with zero attached hydrogens (tertiary/aromatic N) is 1. The number of H-pyrrole nitrogens is 1. The van der Waals surface area contributed by atoms with E-state index in [-0.39, 0.29) is 36.8 Å². The van der Waals surface area contributed by atoms with Gasteiger partial charge in [0.2, 0.25) is 0 Å². The molecule has 1 heterocycles. The van der Waals surface area contributed by atoms with Gasteiger partial charge in [0.15, 0.2) is 0 Å². The summed E-state index contributed by atoms with van der Waals surface area (Å²) in [5.41, 5.74) is -1.06. The highest BCUT2D eigenvalue weighted by molar-refractivity contribution is 6.05. The van der Waals surface area contributed by atoms with Gasteiger partial charge in [0.1, 0.15) is 23.1 Å². The number of ether oxygens (including phenoxy) is 1. The van der Waals surface area contributed by atoms with E-state index in [9.17, 15) is 23.2 Å². The van der Waals surface area contributed by atoms with Crippen molar-refractivity contribution >= 4 is 17.4 Å². The van der Waals surface area contributed by atoms with Gasteiger partial charge in [-0.1, -0.05) is 30.3 Å². The number of benzene rings is 2. The van der Waals surface area contributed by atoms with Crippen molar-refractivity contribution in [1.29, 1.82) is 0 Å². The molecule has 0 atom stereocenters. The van der Waals surface area contributed by atoms with Crippen LogP contribution in [0.3, 0.4) is 0 Å². The zero-order valence-corrected chi connectivity index (χ0v) is 16.6. The minimum absolute atomic E-state index is 0.0132. The van der Waals surface area contributed by atoms with Crippen LogP contribution in [0.2, 0.25) is 0 Å². The van der Waals surface area contributed by atoms with Crippen molar-refractivity contribution < 1.29 is 18.3 Å². The molecule has 0 aliphatic rings. The van der Waals surface area contributed by atoms with Gasteiger partial charge in [0.05, 0.1) is 13.2 Å². The maximum absolute atomic E-state index is 13.5. The van der Waals surface area contributed by atoms with Crippen LogP contribution >= 0.6 is 0 Å². The first-order valence-electron chi connectivity index (χ1n) is 9.30. The van der Waals surface area contributed by atoms with E-state index in [0.29, 0.717) is 6.07 Å². The first-order valence-corrected chi connectivity index (χ1v) is 9.30. The van der Waals surface area contributed by atoms with Crippen molar-refractivity contribution in [2.75, 3.05) is 24.4 Å². The lowest BCUT2D eigenvalue weighted by Crippen LogP contribution is -2.36. The fraction of sp³-hybridized carbons (Fsp3) is 0.190. The Bertz CT molecular complexity index is 1170. The zero-order valence-electron chi connectivity index (χ0n) is 16.6. The van der Waals surface area contributed by atoms with Gasteiger partial charge >= 0.3 is 5.69 Å². The number of carbonyl (C=O) groups excluding carboxylic acids is 1. The van der Waals surface area contributed by atoms with E-state index in [4.69, 9.17) is 4.74 Å². The molecule has 0 unspecified atom stereocenters. The molecule has 8 nitrogen and oxygen atoms in total. The summed E-state index contributed by atoms with van der Waals surface area (Å²) >= 11 is 0. The van der Waals surface area contributed by atoms with Gasteiger partial charge in [-0.2, -0.15) is 0 Å². The minimum atomic E-state index is -0.935. The number of rotatable bonds is 8. The van der Waals surface area contributed by atoms with E-state index in [2.05, 4.69) is 15.6 Å². The Kier molecular flexibility index (Phi) is 6.93. The Morgan fingerprint density at radius 3 is 2.42 bits per heavy atom. The minimum Gasteiger partial charge on any atom is -0.383 e. The second kappa shape index (κ2) is 9.81. The highest BCUT2D eigenvalue weighted by Crippen LogP contribution is 2.18. The molecule has 2 aromatic carbocycles. The maximum atomic E-state index is 13.5. The van der Waals surface area contributed by atoms with Gasteiger partial charge in [0.25, 0.3) is 11.5 Å². The van der Waals surface area contributed by atoms with Gasteiger partial charge in [0, 0.05) is 25.3 Å². The molecule has 0 saturated carbocycles. The van der Waals surface area contributed by atoms with Crippen molar-refractivity contribution in [1.82, 2.24) is 9.55 Å². The third-order valence-electron chi connectivity index (χ3n) is 4.39. The largest absolute Gasteiger partial charge is 0.383 e. The van der Waals surface area contributed by atoms with Crippen LogP contribution in [0.25, 0.3) is 0 Å². The number of nitrogens with one attached hydrogen (secondary N) is 3. The van der Waals surface area contributed by atoms with Gasteiger partial charge < -0.3 is 15.4 Å². The molecule has 1 aromatic heterocycles. The van der Waals surface area contributed by atoms with Crippen LogP contribution in [0.4, 0.5) is 20.3 Å². The van der Waals surface area contributed by atoms with E-state index in [1.165, 1.54) is 7.11 Å². The number of hydrogen-bond acceptors (Lipinski definition) is 5. The summed E-state index contributed by atoms with van der Waals surface area (Å²) in [6.07, 6.45) is 0. The molecule has 0 fully saturated rings. The molecular weight excluding hydrogens is 410 g/mol. The highest BCUT2D eigenvalue weighted by Gasteiger charge is 2.19. The number of anilines is 2. The molecule has 162 valence electrons. The monoisotopic (exact) mass is 430 g/mol. The van der Waals surface area contributed by atoms with Crippen LogP contribution in [0.1, 0.15) is 15.9 Å². The molecule has 3 aromatic rings. The molecule has 10 heteroatoms.